The monoisotopic (exact) mass is 413 g/mol. The van der Waals surface area contributed by atoms with Gasteiger partial charge in [-0.25, -0.2) is 5.43 Å². The summed E-state index contributed by atoms with van der Waals surface area (Å²) in [5.74, 6) is -0.298. The van der Waals surface area contributed by atoms with Crippen molar-refractivity contribution in [3.63, 3.8) is 0 Å². The maximum Gasteiger partial charge on any atom is 0.329 e. The van der Waals surface area contributed by atoms with Crippen LogP contribution in [0.15, 0.2) is 21.7 Å². The summed E-state index contributed by atoms with van der Waals surface area (Å²) in [6, 6.07) is 3.54. The second-order valence-corrected chi connectivity index (χ2v) is 5.91. The number of hydrogen-bond acceptors (Lipinski definition) is 5. The maximum absolute atomic E-state index is 11.6. The number of hydrazone groups is 1. The van der Waals surface area contributed by atoms with Crippen LogP contribution in [0.25, 0.3) is 0 Å². The van der Waals surface area contributed by atoms with Crippen LogP contribution in [-0.4, -0.2) is 37.8 Å². The van der Waals surface area contributed by atoms with Gasteiger partial charge in [-0.3, -0.25) is 9.59 Å². The van der Waals surface area contributed by atoms with Gasteiger partial charge in [0, 0.05) is 16.6 Å². The molecule has 2 N–H and O–H groups in total. The number of benzene rings is 1. The van der Waals surface area contributed by atoms with Crippen molar-refractivity contribution < 1.29 is 19.1 Å². The van der Waals surface area contributed by atoms with Crippen LogP contribution in [0.5, 0.6) is 11.5 Å². The Hall–Kier alpha value is -2.09. The van der Waals surface area contributed by atoms with E-state index in [9.17, 15) is 9.59 Å². The predicted octanol–water partition coefficient (Wildman–Crippen LogP) is 2.61. The van der Waals surface area contributed by atoms with E-state index in [0.29, 0.717) is 36.8 Å². The number of nitrogens with one attached hydrogen (secondary N) is 2. The lowest BCUT2D eigenvalue weighted by Gasteiger charge is -2.13. The van der Waals surface area contributed by atoms with Crippen LogP contribution in [0, 0.1) is 0 Å². The van der Waals surface area contributed by atoms with Crippen LogP contribution >= 0.6 is 15.9 Å². The molecule has 0 aliphatic carbocycles. The number of carbonyl (C=O) groups is 2. The van der Waals surface area contributed by atoms with Crippen LogP contribution in [0.4, 0.5) is 0 Å². The molecular weight excluding hydrogens is 390 g/mol. The van der Waals surface area contributed by atoms with E-state index in [0.717, 1.165) is 17.3 Å². The number of halogens is 1. The molecule has 25 heavy (non-hydrogen) atoms. The zero-order chi connectivity index (χ0) is 18.7. The van der Waals surface area contributed by atoms with E-state index < -0.39 is 11.8 Å². The second kappa shape index (κ2) is 11.5. The fourth-order valence-electron chi connectivity index (χ4n) is 1.77. The summed E-state index contributed by atoms with van der Waals surface area (Å²) in [5, 5.41) is 6.29. The van der Waals surface area contributed by atoms with Crippen LogP contribution in [0.1, 0.15) is 39.2 Å². The van der Waals surface area contributed by atoms with Gasteiger partial charge in [0.05, 0.1) is 19.4 Å². The Labute approximate surface area is 156 Å². The van der Waals surface area contributed by atoms with Gasteiger partial charge in [0.15, 0.2) is 11.5 Å². The van der Waals surface area contributed by atoms with E-state index in [1.165, 1.54) is 6.21 Å². The minimum atomic E-state index is -0.811. The zero-order valence-corrected chi connectivity index (χ0v) is 16.3. The molecule has 1 rings (SSSR count). The summed E-state index contributed by atoms with van der Waals surface area (Å²) in [6.45, 7) is 7.33. The molecule has 138 valence electrons. The fourth-order valence-corrected chi connectivity index (χ4v) is 2.20. The third-order valence-corrected chi connectivity index (χ3v) is 3.62. The average Bonchev–Trinajstić information content (AvgIpc) is 2.60. The van der Waals surface area contributed by atoms with Gasteiger partial charge in [0.1, 0.15) is 0 Å². The van der Waals surface area contributed by atoms with Gasteiger partial charge in [-0.05, 0) is 47.8 Å². The Balaban J connectivity index is 2.81. The lowest BCUT2D eigenvalue weighted by Crippen LogP contribution is -2.38. The van der Waals surface area contributed by atoms with Crippen molar-refractivity contribution in [2.24, 2.45) is 5.10 Å². The number of carbonyl (C=O) groups excluding carboxylic acids is 2. The molecule has 0 saturated heterocycles. The lowest BCUT2D eigenvalue weighted by molar-refractivity contribution is -0.139. The van der Waals surface area contributed by atoms with E-state index in [2.05, 4.69) is 31.8 Å². The molecule has 0 unspecified atom stereocenters. The first kappa shape index (κ1) is 21.0. The average molecular weight is 414 g/mol. The SMILES string of the molecule is CCCNC(=O)C(=O)N/N=C\c1cc(OCC)c(OCCC)cc1Br. The second-order valence-electron chi connectivity index (χ2n) is 5.06. The highest BCUT2D eigenvalue weighted by Crippen LogP contribution is 2.33. The van der Waals surface area contributed by atoms with Crippen molar-refractivity contribution in [1.82, 2.24) is 10.7 Å². The maximum atomic E-state index is 11.6. The summed E-state index contributed by atoms with van der Waals surface area (Å²) >= 11 is 3.44. The molecule has 8 heteroatoms. The summed E-state index contributed by atoms with van der Waals surface area (Å²) in [6.07, 6.45) is 3.07. The van der Waals surface area contributed by atoms with Gasteiger partial charge in [0.2, 0.25) is 0 Å². The first-order chi connectivity index (χ1) is 12.0. The molecule has 0 aliphatic rings. The third-order valence-electron chi connectivity index (χ3n) is 2.94. The normalized spacial score (nSPS) is 10.6. The van der Waals surface area contributed by atoms with Gasteiger partial charge in [0.25, 0.3) is 0 Å². The first-order valence-corrected chi connectivity index (χ1v) is 9.03. The highest BCUT2D eigenvalue weighted by molar-refractivity contribution is 9.10. The van der Waals surface area contributed by atoms with Crippen molar-refractivity contribution in [2.75, 3.05) is 19.8 Å². The van der Waals surface area contributed by atoms with Gasteiger partial charge in [-0.1, -0.05) is 13.8 Å². The number of ether oxygens (including phenoxy) is 2. The molecule has 0 saturated carbocycles. The Morgan fingerprint density at radius 2 is 1.84 bits per heavy atom. The van der Waals surface area contributed by atoms with E-state index >= 15 is 0 Å². The number of amides is 2. The molecule has 0 bridgehead atoms. The smallest absolute Gasteiger partial charge is 0.329 e. The molecule has 0 heterocycles. The van der Waals surface area contributed by atoms with Crippen LogP contribution in [0.2, 0.25) is 0 Å². The van der Waals surface area contributed by atoms with E-state index in [1.54, 1.807) is 12.1 Å². The first-order valence-electron chi connectivity index (χ1n) is 8.23. The molecule has 0 fully saturated rings. The highest BCUT2D eigenvalue weighted by Gasteiger charge is 2.12. The molecule has 7 nitrogen and oxygen atoms in total. The molecule has 0 atom stereocenters. The topological polar surface area (TPSA) is 89.0 Å². The third kappa shape index (κ3) is 7.13. The Morgan fingerprint density at radius 3 is 2.48 bits per heavy atom. The molecule has 1 aromatic carbocycles. The Morgan fingerprint density at radius 1 is 1.12 bits per heavy atom. The lowest BCUT2D eigenvalue weighted by atomic mass is 10.2. The van der Waals surface area contributed by atoms with E-state index in [4.69, 9.17) is 9.47 Å². The molecule has 0 aromatic heterocycles. The van der Waals surface area contributed by atoms with Crippen molar-refractivity contribution in [3.05, 3.63) is 22.2 Å². The molecule has 0 aliphatic heterocycles. The van der Waals surface area contributed by atoms with Crippen LogP contribution in [0.3, 0.4) is 0 Å². The van der Waals surface area contributed by atoms with Gasteiger partial charge in [-0.2, -0.15) is 5.10 Å². The standard InChI is InChI=1S/C17H24BrN3O4/c1-4-7-19-16(22)17(23)21-20-11-12-9-14(24-6-3)15(10-13(12)18)25-8-5-2/h9-11H,4-8H2,1-3H3,(H,19,22)(H,21,23)/b20-11-. The van der Waals surface area contributed by atoms with E-state index in [1.807, 2.05) is 20.8 Å². The van der Waals surface area contributed by atoms with Crippen LogP contribution < -0.4 is 20.2 Å². The number of nitrogens with zero attached hydrogens (tertiary/aromatic N) is 1. The van der Waals surface area contributed by atoms with Crippen molar-refractivity contribution in [3.8, 4) is 11.5 Å². The molecule has 1 aromatic rings. The summed E-state index contributed by atoms with van der Waals surface area (Å²) < 4.78 is 12.0. The highest BCUT2D eigenvalue weighted by atomic mass is 79.9. The van der Waals surface area contributed by atoms with Crippen molar-refractivity contribution >= 4 is 34.0 Å². The predicted molar refractivity (Wildman–Crippen MR) is 100 cm³/mol. The molecular formula is C17H24BrN3O4. The largest absolute Gasteiger partial charge is 0.490 e. The van der Waals surface area contributed by atoms with E-state index in [-0.39, 0.29) is 0 Å². The molecule has 0 spiro atoms. The minimum Gasteiger partial charge on any atom is -0.490 e. The minimum absolute atomic E-state index is 0.443. The summed E-state index contributed by atoms with van der Waals surface area (Å²) in [5.41, 5.74) is 2.87. The van der Waals surface area contributed by atoms with Gasteiger partial charge in [-0.15, -0.1) is 0 Å². The van der Waals surface area contributed by atoms with Gasteiger partial charge < -0.3 is 14.8 Å². The van der Waals surface area contributed by atoms with Crippen molar-refractivity contribution in [1.29, 1.82) is 0 Å². The fraction of sp³-hybridized carbons (Fsp3) is 0.471. The number of hydrogen-bond donors (Lipinski definition) is 2. The summed E-state index contributed by atoms with van der Waals surface area (Å²) in [4.78, 5) is 23.0. The Kier molecular flexibility index (Phi) is 9.61. The van der Waals surface area contributed by atoms with Gasteiger partial charge >= 0.3 is 11.8 Å². The summed E-state index contributed by atoms with van der Waals surface area (Å²) in [7, 11) is 0. The van der Waals surface area contributed by atoms with Crippen LogP contribution in [-0.2, 0) is 9.59 Å². The number of rotatable bonds is 9. The zero-order valence-electron chi connectivity index (χ0n) is 14.7. The molecule has 2 amide bonds. The Bertz CT molecular complexity index is 620. The molecule has 0 radical (unpaired) electrons. The quantitative estimate of drug-likeness (QED) is 0.369. The van der Waals surface area contributed by atoms with Crippen molar-refractivity contribution in [2.45, 2.75) is 33.6 Å².